The van der Waals surface area contributed by atoms with Crippen molar-refractivity contribution in [2.45, 2.75) is 58.8 Å². The second kappa shape index (κ2) is 6.29. The van der Waals surface area contributed by atoms with E-state index in [0.29, 0.717) is 12.1 Å². The third-order valence-electron chi connectivity index (χ3n) is 3.75. The molecule has 0 bridgehead atoms. The summed E-state index contributed by atoms with van der Waals surface area (Å²) in [5.74, 6) is 1.10. The average molecular weight is 251 g/mol. The molecule has 102 valence electrons. The van der Waals surface area contributed by atoms with Crippen LogP contribution in [0, 0.1) is 0 Å². The molecule has 2 unspecified atom stereocenters. The van der Waals surface area contributed by atoms with Gasteiger partial charge in [-0.15, -0.1) is 0 Å². The first kappa shape index (κ1) is 13.5. The molecule has 0 aliphatic carbocycles. The smallest absolute Gasteiger partial charge is 0.141 e. The number of nitrogens with one attached hydrogen (secondary N) is 1. The Kier molecular flexibility index (Phi) is 4.72. The van der Waals surface area contributed by atoms with Gasteiger partial charge in [-0.1, -0.05) is 13.8 Å². The van der Waals surface area contributed by atoms with E-state index in [1.807, 2.05) is 4.68 Å². The molecular formula is C13H25N5. The molecule has 5 heteroatoms. The highest BCUT2D eigenvalue weighted by molar-refractivity contribution is 4.90. The number of nitrogens with zero attached hydrogens (tertiary/aromatic N) is 4. The van der Waals surface area contributed by atoms with Crippen LogP contribution in [-0.2, 0) is 13.1 Å². The molecule has 1 aliphatic heterocycles. The van der Waals surface area contributed by atoms with Gasteiger partial charge in [0, 0.05) is 31.7 Å². The monoisotopic (exact) mass is 251 g/mol. The molecule has 1 aromatic heterocycles. The van der Waals surface area contributed by atoms with Gasteiger partial charge in [0.2, 0.25) is 0 Å². The molecule has 2 heterocycles. The quantitative estimate of drug-likeness (QED) is 0.856. The second-order valence-electron chi connectivity index (χ2n) is 5.19. The highest BCUT2D eigenvalue weighted by atomic mass is 15.4. The summed E-state index contributed by atoms with van der Waals surface area (Å²) in [6.45, 7) is 10.8. The van der Waals surface area contributed by atoms with Gasteiger partial charge < -0.3 is 5.32 Å². The summed E-state index contributed by atoms with van der Waals surface area (Å²) in [6.07, 6.45) is 3.96. The summed E-state index contributed by atoms with van der Waals surface area (Å²) in [5, 5.41) is 7.88. The van der Waals surface area contributed by atoms with Crippen LogP contribution in [0.5, 0.6) is 0 Å². The molecule has 1 fully saturated rings. The summed E-state index contributed by atoms with van der Waals surface area (Å²) in [7, 11) is 0. The van der Waals surface area contributed by atoms with Crippen molar-refractivity contribution in [2.75, 3.05) is 13.1 Å². The number of piperazine rings is 1. The number of aryl methyl sites for hydroxylation is 1. The van der Waals surface area contributed by atoms with Crippen LogP contribution in [0.3, 0.4) is 0 Å². The SMILES string of the molecule is CCCn1ncnc1CN1CC(CC)NCC1C. The standard InChI is InChI=1S/C13H25N5/c1-4-6-18-13(15-10-16-18)9-17-8-12(5-2)14-7-11(17)3/h10-12,14H,4-9H2,1-3H3. The molecule has 1 aromatic rings. The lowest BCUT2D eigenvalue weighted by molar-refractivity contribution is 0.126. The fraction of sp³-hybridized carbons (Fsp3) is 0.846. The van der Waals surface area contributed by atoms with Crippen molar-refractivity contribution in [3.63, 3.8) is 0 Å². The maximum atomic E-state index is 4.40. The Morgan fingerprint density at radius 1 is 1.44 bits per heavy atom. The zero-order valence-electron chi connectivity index (χ0n) is 11.8. The molecular weight excluding hydrogens is 226 g/mol. The van der Waals surface area contributed by atoms with Gasteiger partial charge in [-0.3, -0.25) is 4.90 Å². The van der Waals surface area contributed by atoms with Gasteiger partial charge in [0.15, 0.2) is 0 Å². The van der Waals surface area contributed by atoms with E-state index in [0.717, 1.165) is 38.4 Å². The van der Waals surface area contributed by atoms with Crippen molar-refractivity contribution in [2.24, 2.45) is 0 Å². The van der Waals surface area contributed by atoms with Crippen molar-refractivity contribution >= 4 is 0 Å². The highest BCUT2D eigenvalue weighted by Gasteiger charge is 2.24. The van der Waals surface area contributed by atoms with Crippen LogP contribution in [-0.4, -0.2) is 44.8 Å². The van der Waals surface area contributed by atoms with E-state index in [4.69, 9.17) is 0 Å². The molecule has 1 N–H and O–H groups in total. The summed E-state index contributed by atoms with van der Waals surface area (Å²) in [6, 6.07) is 1.18. The molecule has 0 amide bonds. The Morgan fingerprint density at radius 2 is 2.28 bits per heavy atom. The van der Waals surface area contributed by atoms with Crippen molar-refractivity contribution in [1.82, 2.24) is 25.0 Å². The van der Waals surface area contributed by atoms with Crippen LogP contribution in [0.25, 0.3) is 0 Å². The van der Waals surface area contributed by atoms with Gasteiger partial charge in [-0.25, -0.2) is 9.67 Å². The average Bonchev–Trinajstić information content (AvgIpc) is 2.80. The molecule has 2 atom stereocenters. The third kappa shape index (κ3) is 3.09. The Balaban J connectivity index is 2.00. The summed E-state index contributed by atoms with van der Waals surface area (Å²) in [4.78, 5) is 6.92. The zero-order chi connectivity index (χ0) is 13.0. The minimum atomic E-state index is 0.569. The van der Waals surface area contributed by atoms with Gasteiger partial charge in [-0.2, -0.15) is 5.10 Å². The number of rotatable bonds is 5. The van der Waals surface area contributed by atoms with E-state index >= 15 is 0 Å². The van der Waals surface area contributed by atoms with Gasteiger partial charge in [-0.05, 0) is 19.8 Å². The first-order valence-corrected chi connectivity index (χ1v) is 7.08. The molecule has 18 heavy (non-hydrogen) atoms. The van der Waals surface area contributed by atoms with Crippen molar-refractivity contribution in [3.8, 4) is 0 Å². The summed E-state index contributed by atoms with van der Waals surface area (Å²) >= 11 is 0. The number of hydrogen-bond acceptors (Lipinski definition) is 4. The topological polar surface area (TPSA) is 46.0 Å². The number of hydrogen-bond donors (Lipinski definition) is 1. The molecule has 1 aliphatic rings. The van der Waals surface area contributed by atoms with Gasteiger partial charge in [0.1, 0.15) is 12.2 Å². The van der Waals surface area contributed by atoms with E-state index in [9.17, 15) is 0 Å². The first-order chi connectivity index (χ1) is 8.74. The Hall–Kier alpha value is -0.940. The van der Waals surface area contributed by atoms with Crippen LogP contribution < -0.4 is 5.32 Å². The van der Waals surface area contributed by atoms with E-state index in [1.54, 1.807) is 6.33 Å². The van der Waals surface area contributed by atoms with Crippen LogP contribution in [0.1, 0.15) is 39.4 Å². The lowest BCUT2D eigenvalue weighted by Crippen LogP contribution is -2.54. The zero-order valence-corrected chi connectivity index (χ0v) is 11.8. The highest BCUT2D eigenvalue weighted by Crippen LogP contribution is 2.12. The molecule has 0 aromatic carbocycles. The Labute approximate surface area is 110 Å². The lowest BCUT2D eigenvalue weighted by Gasteiger charge is -2.38. The lowest BCUT2D eigenvalue weighted by atomic mass is 10.1. The molecule has 1 saturated heterocycles. The predicted octanol–water partition coefficient (Wildman–Crippen LogP) is 1.26. The minimum absolute atomic E-state index is 0.569. The molecule has 0 saturated carbocycles. The third-order valence-corrected chi connectivity index (χ3v) is 3.75. The van der Waals surface area contributed by atoms with Gasteiger partial charge >= 0.3 is 0 Å². The minimum Gasteiger partial charge on any atom is -0.311 e. The van der Waals surface area contributed by atoms with Crippen LogP contribution >= 0.6 is 0 Å². The number of aromatic nitrogens is 3. The van der Waals surface area contributed by atoms with E-state index < -0.39 is 0 Å². The van der Waals surface area contributed by atoms with Crippen molar-refractivity contribution in [1.29, 1.82) is 0 Å². The second-order valence-corrected chi connectivity index (χ2v) is 5.19. The predicted molar refractivity (Wildman–Crippen MR) is 72.3 cm³/mol. The largest absolute Gasteiger partial charge is 0.311 e. The van der Waals surface area contributed by atoms with E-state index in [1.165, 1.54) is 6.42 Å². The van der Waals surface area contributed by atoms with Crippen molar-refractivity contribution in [3.05, 3.63) is 12.2 Å². The summed E-state index contributed by atoms with van der Waals surface area (Å²) < 4.78 is 2.04. The molecule has 0 spiro atoms. The first-order valence-electron chi connectivity index (χ1n) is 7.08. The fourth-order valence-corrected chi connectivity index (χ4v) is 2.48. The molecule has 0 radical (unpaired) electrons. The summed E-state index contributed by atoms with van der Waals surface area (Å²) in [5.41, 5.74) is 0. The Morgan fingerprint density at radius 3 is 3.00 bits per heavy atom. The van der Waals surface area contributed by atoms with Crippen LogP contribution in [0.15, 0.2) is 6.33 Å². The van der Waals surface area contributed by atoms with Crippen LogP contribution in [0.4, 0.5) is 0 Å². The van der Waals surface area contributed by atoms with E-state index in [-0.39, 0.29) is 0 Å². The van der Waals surface area contributed by atoms with Crippen LogP contribution in [0.2, 0.25) is 0 Å². The maximum Gasteiger partial charge on any atom is 0.141 e. The maximum absolute atomic E-state index is 4.40. The molecule has 5 nitrogen and oxygen atoms in total. The van der Waals surface area contributed by atoms with Gasteiger partial charge in [0.05, 0.1) is 6.54 Å². The Bertz CT molecular complexity index is 362. The van der Waals surface area contributed by atoms with Gasteiger partial charge in [0.25, 0.3) is 0 Å². The molecule has 2 rings (SSSR count). The van der Waals surface area contributed by atoms with Crippen molar-refractivity contribution < 1.29 is 0 Å². The van der Waals surface area contributed by atoms with E-state index in [2.05, 4.69) is 41.1 Å². The normalized spacial score (nSPS) is 25.5. The fourth-order valence-electron chi connectivity index (χ4n) is 2.48.